The monoisotopic (exact) mass is 315 g/mol. The van der Waals surface area contributed by atoms with E-state index < -0.39 is 17.8 Å². The number of aliphatic imine (C=N–C) groups is 2. The van der Waals surface area contributed by atoms with Gasteiger partial charge in [0.15, 0.2) is 11.9 Å². The van der Waals surface area contributed by atoms with Gasteiger partial charge in [0.2, 0.25) is 0 Å². The van der Waals surface area contributed by atoms with Crippen LogP contribution in [0.3, 0.4) is 0 Å². The molecule has 0 radical (unpaired) electrons. The predicted molar refractivity (Wildman–Crippen MR) is 81.4 cm³/mol. The minimum atomic E-state index is -4.35. The lowest BCUT2D eigenvalue weighted by Crippen LogP contribution is -2.41. The molecule has 122 valence electrons. The fraction of sp³-hybridized carbons (Fsp3) is 0.429. The number of rotatable bonds is 4. The first-order valence-corrected chi connectivity index (χ1v) is 6.81. The van der Waals surface area contributed by atoms with E-state index in [0.717, 1.165) is 18.6 Å². The van der Waals surface area contributed by atoms with Crippen LogP contribution in [0.5, 0.6) is 0 Å². The second kappa shape index (κ2) is 7.67. The highest BCUT2D eigenvalue weighted by Crippen LogP contribution is 2.30. The van der Waals surface area contributed by atoms with Crippen LogP contribution in [0.2, 0.25) is 0 Å². The Hall–Kier alpha value is -2.25. The van der Waals surface area contributed by atoms with Crippen molar-refractivity contribution in [3.05, 3.63) is 35.4 Å². The van der Waals surface area contributed by atoms with E-state index in [1.165, 1.54) is 12.1 Å². The number of halogens is 3. The Morgan fingerprint density at radius 1 is 1.18 bits per heavy atom. The molecule has 1 aromatic carbocycles. The Balaban J connectivity index is 2.75. The largest absolute Gasteiger partial charge is 0.416 e. The number of benzene rings is 1. The van der Waals surface area contributed by atoms with Gasteiger partial charge in [-0.1, -0.05) is 19.1 Å². The molecule has 0 aliphatic rings. The average molecular weight is 315 g/mol. The molecule has 1 aromatic rings. The van der Waals surface area contributed by atoms with Crippen LogP contribution in [-0.4, -0.2) is 18.5 Å². The van der Waals surface area contributed by atoms with E-state index in [1.54, 1.807) is 6.92 Å². The SMILES string of the molecule is CCCN=C(N)NC(N)=NC(C)c1ccc(C(F)(F)F)cc1. The molecular formula is C14H20F3N5. The molecule has 5 nitrogen and oxygen atoms in total. The van der Waals surface area contributed by atoms with Gasteiger partial charge in [-0.15, -0.1) is 0 Å². The number of guanidine groups is 2. The second-order valence-electron chi connectivity index (χ2n) is 4.70. The third-order valence-electron chi connectivity index (χ3n) is 2.82. The van der Waals surface area contributed by atoms with Crippen LogP contribution in [0, 0.1) is 0 Å². The maximum Gasteiger partial charge on any atom is 0.416 e. The van der Waals surface area contributed by atoms with E-state index >= 15 is 0 Å². The molecule has 1 atom stereocenters. The van der Waals surface area contributed by atoms with Crippen LogP contribution in [0.25, 0.3) is 0 Å². The molecule has 0 heterocycles. The number of nitrogens with zero attached hydrogens (tertiary/aromatic N) is 2. The van der Waals surface area contributed by atoms with E-state index in [1.807, 2.05) is 6.92 Å². The lowest BCUT2D eigenvalue weighted by molar-refractivity contribution is -0.137. The van der Waals surface area contributed by atoms with Crippen LogP contribution < -0.4 is 16.8 Å². The summed E-state index contributed by atoms with van der Waals surface area (Å²) < 4.78 is 37.5. The van der Waals surface area contributed by atoms with Gasteiger partial charge in [0.05, 0.1) is 11.6 Å². The third kappa shape index (κ3) is 5.63. The van der Waals surface area contributed by atoms with Gasteiger partial charge in [0.25, 0.3) is 0 Å². The highest BCUT2D eigenvalue weighted by atomic mass is 19.4. The second-order valence-corrected chi connectivity index (χ2v) is 4.70. The molecule has 0 fully saturated rings. The lowest BCUT2D eigenvalue weighted by atomic mass is 10.1. The van der Waals surface area contributed by atoms with E-state index in [4.69, 9.17) is 11.5 Å². The van der Waals surface area contributed by atoms with Crippen molar-refractivity contribution in [2.24, 2.45) is 21.5 Å². The number of alkyl halides is 3. The molecule has 0 spiro atoms. The fourth-order valence-electron chi connectivity index (χ4n) is 1.67. The molecule has 0 saturated carbocycles. The van der Waals surface area contributed by atoms with Crippen molar-refractivity contribution in [2.75, 3.05) is 6.54 Å². The van der Waals surface area contributed by atoms with Crippen molar-refractivity contribution in [2.45, 2.75) is 32.5 Å². The van der Waals surface area contributed by atoms with Crippen molar-refractivity contribution >= 4 is 11.9 Å². The first-order chi connectivity index (χ1) is 10.2. The molecule has 0 aliphatic carbocycles. The summed E-state index contributed by atoms with van der Waals surface area (Å²) in [6.45, 7) is 4.25. The molecule has 1 unspecified atom stereocenters. The minimum Gasteiger partial charge on any atom is -0.370 e. The number of hydrogen-bond acceptors (Lipinski definition) is 2. The molecule has 5 N–H and O–H groups in total. The molecule has 0 amide bonds. The number of hydrogen-bond donors (Lipinski definition) is 3. The van der Waals surface area contributed by atoms with Gasteiger partial charge in [0, 0.05) is 6.54 Å². The van der Waals surface area contributed by atoms with Crippen molar-refractivity contribution in [1.82, 2.24) is 5.32 Å². The van der Waals surface area contributed by atoms with Crippen molar-refractivity contribution in [3.8, 4) is 0 Å². The summed E-state index contributed by atoms with van der Waals surface area (Å²) in [6, 6.07) is 4.37. The van der Waals surface area contributed by atoms with Gasteiger partial charge in [-0.2, -0.15) is 13.2 Å². The fourth-order valence-corrected chi connectivity index (χ4v) is 1.67. The molecule has 0 saturated heterocycles. The Labute approximate surface area is 127 Å². The van der Waals surface area contributed by atoms with Crippen molar-refractivity contribution < 1.29 is 13.2 Å². The van der Waals surface area contributed by atoms with E-state index in [2.05, 4.69) is 15.3 Å². The topological polar surface area (TPSA) is 88.8 Å². The molecule has 1 rings (SSSR count). The molecule has 0 bridgehead atoms. The summed E-state index contributed by atoms with van der Waals surface area (Å²) >= 11 is 0. The van der Waals surface area contributed by atoms with Crippen LogP contribution >= 0.6 is 0 Å². The smallest absolute Gasteiger partial charge is 0.370 e. The van der Waals surface area contributed by atoms with Gasteiger partial charge in [-0.3, -0.25) is 10.3 Å². The quantitative estimate of drug-likeness (QED) is 0.589. The summed E-state index contributed by atoms with van der Waals surface area (Å²) in [5.74, 6) is 0.215. The van der Waals surface area contributed by atoms with Crippen molar-refractivity contribution in [1.29, 1.82) is 0 Å². The third-order valence-corrected chi connectivity index (χ3v) is 2.82. The standard InChI is InChI=1S/C14H20F3N5/c1-3-8-20-12(18)22-13(19)21-9(2)10-4-6-11(7-5-10)14(15,16)17/h4-7,9H,3,8H2,1-2H3,(H5,18,19,20,21,22). The van der Waals surface area contributed by atoms with E-state index in [0.29, 0.717) is 12.1 Å². The highest BCUT2D eigenvalue weighted by Gasteiger charge is 2.30. The van der Waals surface area contributed by atoms with Gasteiger partial charge in [0.1, 0.15) is 0 Å². The van der Waals surface area contributed by atoms with Crippen LogP contribution in [0.4, 0.5) is 13.2 Å². The average Bonchev–Trinajstić information content (AvgIpc) is 2.44. The first kappa shape index (κ1) is 17.8. The number of nitrogens with two attached hydrogens (primary N) is 2. The summed E-state index contributed by atoms with van der Waals surface area (Å²) in [5.41, 5.74) is 11.2. The summed E-state index contributed by atoms with van der Waals surface area (Å²) in [5, 5.41) is 2.63. The van der Waals surface area contributed by atoms with Gasteiger partial charge in [-0.25, -0.2) is 4.99 Å². The first-order valence-electron chi connectivity index (χ1n) is 6.81. The Morgan fingerprint density at radius 2 is 1.77 bits per heavy atom. The van der Waals surface area contributed by atoms with Crippen molar-refractivity contribution in [3.63, 3.8) is 0 Å². The zero-order valence-electron chi connectivity index (χ0n) is 12.5. The maximum atomic E-state index is 12.5. The Kier molecular flexibility index (Phi) is 6.21. The molecule has 0 aromatic heterocycles. The summed E-state index contributed by atoms with van der Waals surface area (Å²) in [4.78, 5) is 8.13. The van der Waals surface area contributed by atoms with Gasteiger partial charge >= 0.3 is 6.18 Å². The van der Waals surface area contributed by atoms with Crippen LogP contribution in [0.1, 0.15) is 37.4 Å². The van der Waals surface area contributed by atoms with E-state index in [9.17, 15) is 13.2 Å². The van der Waals surface area contributed by atoms with E-state index in [-0.39, 0.29) is 11.9 Å². The normalized spacial score (nSPS) is 14.8. The lowest BCUT2D eigenvalue weighted by Gasteiger charge is -2.12. The minimum absolute atomic E-state index is 0.0600. The Morgan fingerprint density at radius 3 is 2.27 bits per heavy atom. The maximum absolute atomic E-state index is 12.5. The summed E-state index contributed by atoms with van der Waals surface area (Å²) in [6.07, 6.45) is -3.50. The zero-order valence-corrected chi connectivity index (χ0v) is 12.5. The van der Waals surface area contributed by atoms with Crippen LogP contribution in [0.15, 0.2) is 34.3 Å². The van der Waals surface area contributed by atoms with Gasteiger partial charge < -0.3 is 11.5 Å². The summed E-state index contributed by atoms with van der Waals surface area (Å²) in [7, 11) is 0. The molecular weight excluding hydrogens is 295 g/mol. The zero-order chi connectivity index (χ0) is 16.8. The Bertz CT molecular complexity index is 534. The molecule has 8 heteroatoms. The predicted octanol–water partition coefficient (Wildman–Crippen LogP) is 2.40. The van der Waals surface area contributed by atoms with Crippen LogP contribution in [-0.2, 0) is 6.18 Å². The molecule has 22 heavy (non-hydrogen) atoms. The number of nitrogens with one attached hydrogen (secondary N) is 1. The highest BCUT2D eigenvalue weighted by molar-refractivity contribution is 5.97. The molecule has 0 aliphatic heterocycles. The van der Waals surface area contributed by atoms with Gasteiger partial charge in [-0.05, 0) is 31.0 Å².